The summed E-state index contributed by atoms with van der Waals surface area (Å²) in [6, 6.07) is 11.1. The Morgan fingerprint density at radius 3 is 2.84 bits per heavy atom. The summed E-state index contributed by atoms with van der Waals surface area (Å²) in [4.78, 5) is 4.07. The molecule has 0 spiro atoms. The lowest BCUT2D eigenvalue weighted by atomic mass is 10.1. The van der Waals surface area contributed by atoms with Gasteiger partial charge in [-0.05, 0) is 45.8 Å². The van der Waals surface area contributed by atoms with Gasteiger partial charge in [0.2, 0.25) is 0 Å². The van der Waals surface area contributed by atoms with E-state index < -0.39 is 0 Å². The zero-order valence-electron chi connectivity index (χ0n) is 10.3. The fourth-order valence-electron chi connectivity index (χ4n) is 1.57. The number of hydrogen-bond donors (Lipinski definition) is 0. The van der Waals surface area contributed by atoms with Gasteiger partial charge in [0.25, 0.3) is 0 Å². The van der Waals surface area contributed by atoms with Gasteiger partial charge >= 0.3 is 0 Å². The van der Waals surface area contributed by atoms with Crippen LogP contribution in [-0.4, -0.2) is 12.1 Å². The maximum Gasteiger partial charge on any atom is 0.152 e. The topological polar surface area (TPSA) is 55.1 Å². The van der Waals surface area contributed by atoms with Crippen LogP contribution in [0.1, 0.15) is 11.1 Å². The molecule has 1 aromatic heterocycles. The van der Waals surface area contributed by atoms with Crippen molar-refractivity contribution in [1.29, 1.82) is 5.26 Å². The summed E-state index contributed by atoms with van der Waals surface area (Å²) in [6.07, 6.45) is 1.68. The first-order chi connectivity index (χ1) is 9.24. The van der Waals surface area contributed by atoms with Crippen molar-refractivity contribution in [3.05, 3.63) is 52.3 Å². The summed E-state index contributed by atoms with van der Waals surface area (Å²) in [5, 5.41) is 9.02. The molecule has 2 rings (SSSR count). The van der Waals surface area contributed by atoms with Gasteiger partial charge in [0.1, 0.15) is 23.0 Å². The van der Waals surface area contributed by atoms with Crippen LogP contribution in [0.25, 0.3) is 0 Å². The summed E-state index contributed by atoms with van der Waals surface area (Å²) >= 11 is 3.31. The van der Waals surface area contributed by atoms with Gasteiger partial charge in [-0.25, -0.2) is 4.98 Å². The molecule has 0 N–H and O–H groups in total. The van der Waals surface area contributed by atoms with E-state index in [0.717, 1.165) is 5.56 Å². The molecule has 0 bridgehead atoms. The first-order valence-corrected chi connectivity index (χ1v) is 6.34. The number of nitrogens with zero attached hydrogens (tertiary/aromatic N) is 2. The van der Waals surface area contributed by atoms with Gasteiger partial charge < -0.3 is 9.47 Å². The van der Waals surface area contributed by atoms with E-state index in [9.17, 15) is 0 Å². The van der Waals surface area contributed by atoms with Gasteiger partial charge in [0, 0.05) is 6.20 Å². The monoisotopic (exact) mass is 318 g/mol. The molecule has 2 aromatic rings. The number of halogens is 1. The summed E-state index contributed by atoms with van der Waals surface area (Å²) in [6.45, 7) is 0.364. The predicted octanol–water partition coefficient (Wildman–Crippen LogP) is 3.30. The summed E-state index contributed by atoms with van der Waals surface area (Å²) in [5.74, 6) is 1.23. The van der Waals surface area contributed by atoms with Crippen LogP contribution < -0.4 is 9.47 Å². The fourth-order valence-corrected chi connectivity index (χ4v) is 1.94. The lowest BCUT2D eigenvalue weighted by Gasteiger charge is -2.09. The molecular formula is C14H11BrN2O2. The van der Waals surface area contributed by atoms with Crippen LogP contribution in [0.5, 0.6) is 11.5 Å². The maximum absolute atomic E-state index is 9.02. The van der Waals surface area contributed by atoms with Crippen LogP contribution in [0.3, 0.4) is 0 Å². The molecule has 5 heteroatoms. The predicted molar refractivity (Wildman–Crippen MR) is 74.0 cm³/mol. The minimum atomic E-state index is 0.364. The van der Waals surface area contributed by atoms with E-state index in [-0.39, 0.29) is 0 Å². The first kappa shape index (κ1) is 13.4. The van der Waals surface area contributed by atoms with Crippen molar-refractivity contribution in [1.82, 2.24) is 4.98 Å². The molecule has 19 heavy (non-hydrogen) atoms. The standard InChI is InChI=1S/C14H11BrN2O2/c1-18-12-5-4-10(7-11(12)8-16)9-19-13-3-2-6-17-14(13)15/h2-7H,9H2,1H3. The van der Waals surface area contributed by atoms with Crippen LogP contribution in [0.15, 0.2) is 41.1 Å². The Balaban J connectivity index is 2.13. The number of ether oxygens (including phenoxy) is 2. The molecule has 0 radical (unpaired) electrons. The molecule has 96 valence electrons. The van der Waals surface area contributed by atoms with Crippen molar-refractivity contribution >= 4 is 15.9 Å². The third kappa shape index (κ3) is 3.24. The van der Waals surface area contributed by atoms with E-state index >= 15 is 0 Å². The number of rotatable bonds is 4. The van der Waals surface area contributed by atoms with E-state index in [2.05, 4.69) is 27.0 Å². The van der Waals surface area contributed by atoms with Gasteiger partial charge in [0.05, 0.1) is 12.7 Å². The summed E-state index contributed by atoms with van der Waals surface area (Å²) < 4.78 is 11.4. The van der Waals surface area contributed by atoms with E-state index in [4.69, 9.17) is 14.7 Å². The molecule has 0 saturated heterocycles. The summed E-state index contributed by atoms with van der Waals surface area (Å²) in [5.41, 5.74) is 1.39. The molecule has 0 aliphatic heterocycles. The Kier molecular flexibility index (Phi) is 4.37. The number of hydrogen-bond acceptors (Lipinski definition) is 4. The normalized spacial score (nSPS) is 9.74. The van der Waals surface area contributed by atoms with Crippen molar-refractivity contribution in [3.63, 3.8) is 0 Å². The third-order valence-electron chi connectivity index (χ3n) is 2.50. The highest BCUT2D eigenvalue weighted by Gasteiger charge is 2.05. The first-order valence-electron chi connectivity index (χ1n) is 5.55. The van der Waals surface area contributed by atoms with Gasteiger partial charge in [0.15, 0.2) is 5.75 Å². The van der Waals surface area contributed by atoms with E-state index in [0.29, 0.717) is 28.3 Å². The Morgan fingerprint density at radius 1 is 1.32 bits per heavy atom. The number of aromatic nitrogens is 1. The second-order valence-corrected chi connectivity index (χ2v) is 4.48. The van der Waals surface area contributed by atoms with Crippen LogP contribution in [0.4, 0.5) is 0 Å². The Morgan fingerprint density at radius 2 is 2.16 bits per heavy atom. The molecule has 0 aliphatic carbocycles. The second-order valence-electron chi connectivity index (χ2n) is 3.73. The SMILES string of the molecule is COc1ccc(COc2cccnc2Br)cc1C#N. The molecular weight excluding hydrogens is 308 g/mol. The Bertz CT molecular complexity index is 623. The number of nitriles is 1. The number of benzene rings is 1. The van der Waals surface area contributed by atoms with Crippen molar-refractivity contribution in [2.24, 2.45) is 0 Å². The van der Waals surface area contributed by atoms with Crippen LogP contribution in [0, 0.1) is 11.3 Å². The van der Waals surface area contributed by atoms with Crippen LogP contribution >= 0.6 is 15.9 Å². The van der Waals surface area contributed by atoms with Gasteiger partial charge in [-0.1, -0.05) is 6.07 Å². The van der Waals surface area contributed by atoms with Crippen molar-refractivity contribution in [2.45, 2.75) is 6.61 Å². The zero-order chi connectivity index (χ0) is 13.7. The van der Waals surface area contributed by atoms with E-state index in [1.54, 1.807) is 31.5 Å². The molecule has 0 fully saturated rings. The molecule has 0 unspecified atom stereocenters. The van der Waals surface area contributed by atoms with Gasteiger partial charge in [-0.2, -0.15) is 5.26 Å². The second kappa shape index (κ2) is 6.21. The molecule has 4 nitrogen and oxygen atoms in total. The van der Waals surface area contributed by atoms with Crippen LogP contribution in [0.2, 0.25) is 0 Å². The number of pyridine rings is 1. The molecule has 1 heterocycles. The zero-order valence-corrected chi connectivity index (χ0v) is 11.8. The molecule has 0 amide bonds. The molecule has 0 atom stereocenters. The fraction of sp³-hybridized carbons (Fsp3) is 0.143. The highest BCUT2D eigenvalue weighted by molar-refractivity contribution is 9.10. The Hall–Kier alpha value is -2.06. The van der Waals surface area contributed by atoms with Crippen molar-refractivity contribution < 1.29 is 9.47 Å². The summed E-state index contributed by atoms with van der Waals surface area (Å²) in [7, 11) is 1.54. The van der Waals surface area contributed by atoms with Crippen molar-refractivity contribution in [3.8, 4) is 17.6 Å². The Labute approximate surface area is 119 Å². The lowest BCUT2D eigenvalue weighted by Crippen LogP contribution is -1.98. The minimum Gasteiger partial charge on any atom is -0.495 e. The van der Waals surface area contributed by atoms with Gasteiger partial charge in [-0.15, -0.1) is 0 Å². The minimum absolute atomic E-state index is 0.364. The van der Waals surface area contributed by atoms with Crippen molar-refractivity contribution in [2.75, 3.05) is 7.11 Å². The molecule has 1 aromatic carbocycles. The smallest absolute Gasteiger partial charge is 0.152 e. The highest BCUT2D eigenvalue weighted by atomic mass is 79.9. The largest absolute Gasteiger partial charge is 0.495 e. The average Bonchev–Trinajstić information content (AvgIpc) is 2.46. The van der Waals surface area contributed by atoms with E-state index in [1.165, 1.54) is 0 Å². The van der Waals surface area contributed by atoms with Crippen LogP contribution in [-0.2, 0) is 6.61 Å². The highest BCUT2D eigenvalue weighted by Crippen LogP contribution is 2.23. The third-order valence-corrected chi connectivity index (χ3v) is 3.10. The maximum atomic E-state index is 9.02. The quantitative estimate of drug-likeness (QED) is 0.811. The van der Waals surface area contributed by atoms with Gasteiger partial charge in [-0.3, -0.25) is 0 Å². The molecule has 0 aliphatic rings. The average molecular weight is 319 g/mol. The lowest BCUT2D eigenvalue weighted by molar-refractivity contribution is 0.302. The molecule has 0 saturated carbocycles. The number of methoxy groups -OCH3 is 1. The van der Waals surface area contributed by atoms with E-state index in [1.807, 2.05) is 12.1 Å².